The predicted molar refractivity (Wildman–Crippen MR) is 91.6 cm³/mol. The Kier molecular flexibility index (Phi) is 8.84. The lowest BCUT2D eigenvalue weighted by molar-refractivity contribution is 0.0639. The molecule has 1 unspecified atom stereocenters. The number of nitrogens with one attached hydrogen (secondary N) is 1. The van der Waals surface area contributed by atoms with Crippen LogP contribution in [0.25, 0.3) is 0 Å². The standard InChI is InChI=1S/C18H38N2O/c1-5-10-18(4,14-19-13-16(2)3)15-20(11-7-12-21)17-8-6-9-17/h16-17,19,21H,5-15H2,1-4H3. The lowest BCUT2D eigenvalue weighted by Crippen LogP contribution is -2.49. The number of aliphatic hydroxyl groups is 1. The summed E-state index contributed by atoms with van der Waals surface area (Å²) in [5.41, 5.74) is 0.356. The van der Waals surface area contributed by atoms with Crippen LogP contribution in [-0.4, -0.2) is 48.8 Å². The lowest BCUT2D eigenvalue weighted by atomic mass is 9.82. The molecule has 126 valence electrons. The molecule has 0 aromatic rings. The fourth-order valence-electron chi connectivity index (χ4n) is 3.40. The quantitative estimate of drug-likeness (QED) is 0.580. The topological polar surface area (TPSA) is 35.5 Å². The third-order valence-electron chi connectivity index (χ3n) is 4.74. The minimum absolute atomic E-state index is 0.319. The molecule has 0 heterocycles. The summed E-state index contributed by atoms with van der Waals surface area (Å²) >= 11 is 0. The normalized spacial score (nSPS) is 19.0. The van der Waals surface area contributed by atoms with Gasteiger partial charge >= 0.3 is 0 Å². The monoisotopic (exact) mass is 298 g/mol. The van der Waals surface area contributed by atoms with Crippen LogP contribution < -0.4 is 5.32 Å². The molecular weight excluding hydrogens is 260 g/mol. The van der Waals surface area contributed by atoms with Crippen molar-refractivity contribution in [3.8, 4) is 0 Å². The smallest absolute Gasteiger partial charge is 0.0443 e. The first-order valence-electron chi connectivity index (χ1n) is 9.06. The van der Waals surface area contributed by atoms with Gasteiger partial charge in [-0.05, 0) is 43.6 Å². The first-order chi connectivity index (χ1) is 10.0. The molecule has 1 atom stereocenters. The molecule has 3 nitrogen and oxygen atoms in total. The van der Waals surface area contributed by atoms with Gasteiger partial charge in [-0.1, -0.05) is 40.5 Å². The highest BCUT2D eigenvalue weighted by atomic mass is 16.3. The van der Waals surface area contributed by atoms with Gasteiger partial charge in [-0.2, -0.15) is 0 Å². The van der Waals surface area contributed by atoms with Crippen molar-refractivity contribution in [3.05, 3.63) is 0 Å². The van der Waals surface area contributed by atoms with Crippen LogP contribution in [0.4, 0.5) is 0 Å². The summed E-state index contributed by atoms with van der Waals surface area (Å²) in [6.45, 7) is 14.1. The van der Waals surface area contributed by atoms with E-state index in [1.807, 2.05) is 0 Å². The van der Waals surface area contributed by atoms with Gasteiger partial charge in [-0.3, -0.25) is 4.90 Å². The number of rotatable bonds is 12. The molecule has 0 spiro atoms. The maximum absolute atomic E-state index is 9.15. The van der Waals surface area contributed by atoms with E-state index < -0.39 is 0 Å². The zero-order valence-corrected chi connectivity index (χ0v) is 14.8. The fraction of sp³-hybridized carbons (Fsp3) is 1.00. The van der Waals surface area contributed by atoms with E-state index in [9.17, 15) is 0 Å². The van der Waals surface area contributed by atoms with Gasteiger partial charge in [0.2, 0.25) is 0 Å². The van der Waals surface area contributed by atoms with E-state index >= 15 is 0 Å². The van der Waals surface area contributed by atoms with E-state index in [1.165, 1.54) is 38.6 Å². The van der Waals surface area contributed by atoms with Crippen LogP contribution in [0.2, 0.25) is 0 Å². The molecule has 1 rings (SSSR count). The highest BCUT2D eigenvalue weighted by molar-refractivity contribution is 4.87. The van der Waals surface area contributed by atoms with E-state index in [0.717, 1.165) is 32.1 Å². The third-order valence-corrected chi connectivity index (χ3v) is 4.74. The number of hydrogen-bond acceptors (Lipinski definition) is 3. The van der Waals surface area contributed by atoms with Crippen molar-refractivity contribution in [2.45, 2.75) is 72.3 Å². The van der Waals surface area contributed by atoms with Crippen LogP contribution in [-0.2, 0) is 0 Å². The molecule has 1 saturated carbocycles. The Morgan fingerprint density at radius 1 is 1.33 bits per heavy atom. The second kappa shape index (κ2) is 9.81. The summed E-state index contributed by atoms with van der Waals surface area (Å²) in [5, 5.41) is 12.8. The molecule has 3 heteroatoms. The molecule has 0 saturated heterocycles. The Morgan fingerprint density at radius 3 is 2.52 bits per heavy atom. The van der Waals surface area contributed by atoms with Gasteiger partial charge in [0, 0.05) is 32.3 Å². The van der Waals surface area contributed by atoms with Crippen molar-refractivity contribution in [2.75, 3.05) is 32.8 Å². The first-order valence-corrected chi connectivity index (χ1v) is 9.06. The Morgan fingerprint density at radius 2 is 2.05 bits per heavy atom. The minimum Gasteiger partial charge on any atom is -0.396 e. The van der Waals surface area contributed by atoms with Crippen LogP contribution in [0.1, 0.15) is 66.2 Å². The van der Waals surface area contributed by atoms with Crippen molar-refractivity contribution in [3.63, 3.8) is 0 Å². The van der Waals surface area contributed by atoms with Crippen LogP contribution in [0.3, 0.4) is 0 Å². The molecule has 0 aromatic carbocycles. The molecule has 1 aliphatic carbocycles. The van der Waals surface area contributed by atoms with Gasteiger partial charge < -0.3 is 10.4 Å². The molecule has 2 N–H and O–H groups in total. The summed E-state index contributed by atoms with van der Waals surface area (Å²) in [6.07, 6.45) is 7.54. The molecular formula is C18H38N2O. The second-order valence-electron chi connectivity index (χ2n) is 7.72. The Bertz CT molecular complexity index is 266. The number of aliphatic hydroxyl groups excluding tert-OH is 1. The summed E-state index contributed by atoms with van der Waals surface area (Å²) in [7, 11) is 0. The summed E-state index contributed by atoms with van der Waals surface area (Å²) in [6, 6.07) is 0.776. The van der Waals surface area contributed by atoms with Gasteiger partial charge in [0.15, 0.2) is 0 Å². The predicted octanol–water partition coefficient (Wildman–Crippen LogP) is 3.28. The molecule has 0 amide bonds. The van der Waals surface area contributed by atoms with E-state index in [-0.39, 0.29) is 0 Å². The van der Waals surface area contributed by atoms with E-state index in [1.54, 1.807) is 0 Å². The minimum atomic E-state index is 0.319. The SMILES string of the molecule is CCCC(C)(CNCC(C)C)CN(CCCO)C1CCC1. The van der Waals surface area contributed by atoms with Gasteiger partial charge in [-0.25, -0.2) is 0 Å². The average Bonchev–Trinajstić information content (AvgIpc) is 2.33. The summed E-state index contributed by atoms with van der Waals surface area (Å²) < 4.78 is 0. The first kappa shape index (κ1) is 18.9. The third kappa shape index (κ3) is 7.12. The number of hydrogen-bond donors (Lipinski definition) is 2. The largest absolute Gasteiger partial charge is 0.396 e. The van der Waals surface area contributed by atoms with Gasteiger partial charge in [-0.15, -0.1) is 0 Å². The molecule has 0 radical (unpaired) electrons. The lowest BCUT2D eigenvalue weighted by Gasteiger charge is -2.43. The molecule has 1 fully saturated rings. The van der Waals surface area contributed by atoms with Crippen molar-refractivity contribution in [1.82, 2.24) is 10.2 Å². The van der Waals surface area contributed by atoms with Gasteiger partial charge in [0.05, 0.1) is 0 Å². The van der Waals surface area contributed by atoms with Crippen molar-refractivity contribution < 1.29 is 5.11 Å². The van der Waals surface area contributed by atoms with E-state index in [2.05, 4.69) is 37.9 Å². The van der Waals surface area contributed by atoms with Gasteiger partial charge in [0.1, 0.15) is 0 Å². The van der Waals surface area contributed by atoms with Crippen molar-refractivity contribution in [1.29, 1.82) is 0 Å². The average molecular weight is 299 g/mol. The van der Waals surface area contributed by atoms with Crippen LogP contribution in [0.5, 0.6) is 0 Å². The molecule has 1 aliphatic rings. The van der Waals surface area contributed by atoms with Crippen LogP contribution in [0, 0.1) is 11.3 Å². The van der Waals surface area contributed by atoms with E-state index in [0.29, 0.717) is 17.9 Å². The fourth-order valence-corrected chi connectivity index (χ4v) is 3.40. The van der Waals surface area contributed by atoms with Gasteiger partial charge in [0.25, 0.3) is 0 Å². The highest BCUT2D eigenvalue weighted by Gasteiger charge is 2.31. The maximum atomic E-state index is 9.15. The zero-order valence-electron chi connectivity index (χ0n) is 14.8. The molecule has 0 aromatic heterocycles. The molecule has 0 bridgehead atoms. The Balaban J connectivity index is 2.53. The Labute approximate surface area is 132 Å². The molecule has 21 heavy (non-hydrogen) atoms. The summed E-state index contributed by atoms with van der Waals surface area (Å²) in [4.78, 5) is 2.66. The van der Waals surface area contributed by atoms with E-state index in [4.69, 9.17) is 5.11 Å². The highest BCUT2D eigenvalue weighted by Crippen LogP contribution is 2.30. The van der Waals surface area contributed by atoms with Crippen LogP contribution in [0.15, 0.2) is 0 Å². The Hall–Kier alpha value is -0.120. The van der Waals surface area contributed by atoms with Crippen LogP contribution >= 0.6 is 0 Å². The van der Waals surface area contributed by atoms with Crippen molar-refractivity contribution >= 4 is 0 Å². The van der Waals surface area contributed by atoms with Crippen molar-refractivity contribution in [2.24, 2.45) is 11.3 Å². The molecule has 0 aliphatic heterocycles. The zero-order chi connectivity index (χ0) is 15.7. The maximum Gasteiger partial charge on any atom is 0.0443 e. The number of nitrogens with zero attached hydrogens (tertiary/aromatic N) is 1. The summed E-state index contributed by atoms with van der Waals surface area (Å²) in [5.74, 6) is 0.716. The second-order valence-corrected chi connectivity index (χ2v) is 7.72.